The third-order valence-corrected chi connectivity index (χ3v) is 6.35. The maximum atomic E-state index is 11.3. The average Bonchev–Trinajstić information content (AvgIpc) is 3.17. The summed E-state index contributed by atoms with van der Waals surface area (Å²) in [5, 5.41) is 38.5. The fourth-order valence-corrected chi connectivity index (χ4v) is 4.72. The number of benzene rings is 1. The van der Waals surface area contributed by atoms with Crippen molar-refractivity contribution in [3.05, 3.63) is 41.6 Å². The number of aromatic nitrogens is 1. The molecule has 1 saturated heterocycles. The predicted molar refractivity (Wildman–Crippen MR) is 124 cm³/mol. The van der Waals surface area contributed by atoms with Crippen LogP contribution in [0.4, 0.5) is 5.69 Å². The van der Waals surface area contributed by atoms with Crippen molar-refractivity contribution in [3.8, 4) is 17.3 Å². The first kappa shape index (κ1) is 24.8. The summed E-state index contributed by atoms with van der Waals surface area (Å²) >= 11 is 1.08. The Balaban J connectivity index is 0.00000149. The second-order valence-electron chi connectivity index (χ2n) is 7.42. The first-order valence-electron chi connectivity index (χ1n) is 10.6. The summed E-state index contributed by atoms with van der Waals surface area (Å²) in [6, 6.07) is 11.6. The standard InChI is InChI=1S/C21H21N3O6S.C2H6/c1-10-13-7-11(15-6-4-12(9-22)24(15)2)3-5-14(13)23-21(29-10)31-17-8-16(25)18(26)19(30-17)20(27)28;1-2/h3-7,10,16-19,25-26H,8H2,1-2H3,(H,27,28);1-2H3/t10?,16-,17?,18+,19+;/m1./s1. The molecule has 1 aromatic heterocycles. The monoisotopic (exact) mass is 473 g/mol. The minimum Gasteiger partial charge on any atom is -0.479 e. The number of hydrogen-bond donors (Lipinski definition) is 3. The average molecular weight is 474 g/mol. The van der Waals surface area contributed by atoms with Gasteiger partial charge in [0.2, 0.25) is 0 Å². The number of carboxylic acid groups (broad SMARTS) is 1. The van der Waals surface area contributed by atoms with Crippen LogP contribution in [0.1, 0.15) is 44.6 Å². The van der Waals surface area contributed by atoms with E-state index in [4.69, 9.17) is 9.47 Å². The molecule has 4 rings (SSSR count). The molecule has 1 aromatic carbocycles. The normalized spacial score (nSPS) is 26.1. The van der Waals surface area contributed by atoms with Gasteiger partial charge in [-0.2, -0.15) is 5.26 Å². The summed E-state index contributed by atoms with van der Waals surface area (Å²) in [5.74, 6) is -1.34. The molecule has 176 valence electrons. The van der Waals surface area contributed by atoms with Gasteiger partial charge in [0.1, 0.15) is 29.4 Å². The van der Waals surface area contributed by atoms with Gasteiger partial charge in [-0.25, -0.2) is 9.79 Å². The number of nitriles is 1. The maximum Gasteiger partial charge on any atom is 0.335 e. The van der Waals surface area contributed by atoms with Gasteiger partial charge in [-0.3, -0.25) is 0 Å². The molecule has 33 heavy (non-hydrogen) atoms. The molecule has 2 aliphatic rings. The number of aliphatic hydroxyl groups excluding tert-OH is 2. The molecule has 0 aliphatic carbocycles. The zero-order chi connectivity index (χ0) is 24.3. The summed E-state index contributed by atoms with van der Waals surface area (Å²) < 4.78 is 13.1. The minimum atomic E-state index is -1.51. The quantitative estimate of drug-likeness (QED) is 0.617. The lowest BCUT2D eigenvalue weighted by Gasteiger charge is -2.35. The minimum absolute atomic E-state index is 0.0485. The number of aliphatic imine (C=N–C) groups is 1. The van der Waals surface area contributed by atoms with E-state index >= 15 is 0 Å². The van der Waals surface area contributed by atoms with Gasteiger partial charge in [0.15, 0.2) is 6.10 Å². The van der Waals surface area contributed by atoms with Gasteiger partial charge >= 0.3 is 5.97 Å². The topological polar surface area (TPSA) is 137 Å². The van der Waals surface area contributed by atoms with Crippen molar-refractivity contribution in [3.63, 3.8) is 0 Å². The third-order valence-electron chi connectivity index (χ3n) is 5.40. The molecule has 2 aromatic rings. The Morgan fingerprint density at radius 1 is 1.27 bits per heavy atom. The van der Waals surface area contributed by atoms with E-state index in [0.29, 0.717) is 16.6 Å². The van der Waals surface area contributed by atoms with E-state index in [0.717, 1.165) is 28.6 Å². The molecular weight excluding hydrogens is 446 g/mol. The van der Waals surface area contributed by atoms with Crippen LogP contribution in [0, 0.1) is 11.3 Å². The van der Waals surface area contributed by atoms with Crippen molar-refractivity contribution in [1.29, 1.82) is 5.26 Å². The number of aliphatic carboxylic acids is 1. The Kier molecular flexibility index (Phi) is 7.81. The summed E-state index contributed by atoms with van der Waals surface area (Å²) in [5.41, 5.74) is 3.27. The molecule has 3 heterocycles. The van der Waals surface area contributed by atoms with E-state index in [9.17, 15) is 25.4 Å². The fraction of sp³-hybridized carbons (Fsp3) is 0.435. The number of thioether (sulfide) groups is 1. The van der Waals surface area contributed by atoms with Crippen LogP contribution in [-0.2, 0) is 21.3 Å². The summed E-state index contributed by atoms with van der Waals surface area (Å²) in [4.78, 5) is 15.8. The van der Waals surface area contributed by atoms with Gasteiger partial charge in [-0.1, -0.05) is 19.9 Å². The van der Waals surface area contributed by atoms with Gasteiger partial charge in [-0.15, -0.1) is 0 Å². The molecule has 9 nitrogen and oxygen atoms in total. The van der Waals surface area contributed by atoms with E-state index in [-0.39, 0.29) is 12.5 Å². The van der Waals surface area contributed by atoms with Crippen LogP contribution in [0.2, 0.25) is 0 Å². The lowest BCUT2D eigenvalue weighted by atomic mass is 10.0. The molecule has 1 fully saturated rings. The van der Waals surface area contributed by atoms with Crippen LogP contribution < -0.4 is 0 Å². The van der Waals surface area contributed by atoms with E-state index in [2.05, 4.69) is 11.1 Å². The lowest BCUT2D eigenvalue weighted by molar-refractivity contribution is -0.181. The van der Waals surface area contributed by atoms with Crippen LogP contribution in [0.3, 0.4) is 0 Å². The van der Waals surface area contributed by atoms with E-state index in [1.165, 1.54) is 0 Å². The highest BCUT2D eigenvalue weighted by atomic mass is 32.2. The van der Waals surface area contributed by atoms with Crippen molar-refractivity contribution < 1.29 is 29.6 Å². The number of nitrogens with zero attached hydrogens (tertiary/aromatic N) is 3. The molecule has 10 heteroatoms. The summed E-state index contributed by atoms with van der Waals surface area (Å²) in [6.45, 7) is 5.88. The Morgan fingerprint density at radius 3 is 2.64 bits per heavy atom. The molecule has 5 atom stereocenters. The van der Waals surface area contributed by atoms with E-state index in [1.54, 1.807) is 6.07 Å². The molecule has 0 bridgehead atoms. The molecule has 0 amide bonds. The van der Waals surface area contributed by atoms with Gasteiger partial charge in [0, 0.05) is 24.7 Å². The van der Waals surface area contributed by atoms with Crippen molar-refractivity contribution in [2.45, 2.75) is 57.0 Å². The zero-order valence-corrected chi connectivity index (χ0v) is 19.6. The predicted octanol–water partition coefficient (Wildman–Crippen LogP) is 3.32. The number of carbonyl (C=O) groups is 1. The molecule has 0 radical (unpaired) electrons. The van der Waals surface area contributed by atoms with Gasteiger partial charge in [0.05, 0.1) is 11.8 Å². The molecule has 2 unspecified atom stereocenters. The second-order valence-corrected chi connectivity index (χ2v) is 8.53. The Labute approximate surface area is 196 Å². The smallest absolute Gasteiger partial charge is 0.335 e. The van der Waals surface area contributed by atoms with Crippen LogP contribution in [0.5, 0.6) is 0 Å². The van der Waals surface area contributed by atoms with Crippen LogP contribution in [-0.4, -0.2) is 54.8 Å². The molecule has 2 aliphatic heterocycles. The molecule has 0 saturated carbocycles. The fourth-order valence-electron chi connectivity index (χ4n) is 3.68. The number of rotatable bonds is 3. The molecule has 0 spiro atoms. The number of carboxylic acids is 1. The number of aliphatic hydroxyl groups is 2. The Bertz CT molecular complexity index is 1090. The number of ether oxygens (including phenoxy) is 2. The largest absolute Gasteiger partial charge is 0.479 e. The maximum absolute atomic E-state index is 11.3. The van der Waals surface area contributed by atoms with Crippen LogP contribution >= 0.6 is 11.8 Å². The van der Waals surface area contributed by atoms with Gasteiger partial charge in [0.25, 0.3) is 5.23 Å². The number of fused-ring (bicyclic) bond motifs is 1. The summed E-state index contributed by atoms with van der Waals surface area (Å²) in [7, 11) is 1.83. The lowest BCUT2D eigenvalue weighted by Crippen LogP contribution is -2.51. The highest BCUT2D eigenvalue weighted by Gasteiger charge is 2.42. The first-order valence-corrected chi connectivity index (χ1v) is 11.5. The second kappa shape index (κ2) is 10.4. The van der Waals surface area contributed by atoms with Crippen molar-refractivity contribution >= 4 is 28.6 Å². The highest BCUT2D eigenvalue weighted by molar-refractivity contribution is 8.13. The van der Waals surface area contributed by atoms with Crippen LogP contribution in [0.25, 0.3) is 11.3 Å². The van der Waals surface area contributed by atoms with Crippen molar-refractivity contribution in [1.82, 2.24) is 4.57 Å². The Hall–Kier alpha value is -2.84. The molecule has 3 N–H and O–H groups in total. The summed E-state index contributed by atoms with van der Waals surface area (Å²) in [6.07, 6.45) is -4.48. The zero-order valence-electron chi connectivity index (χ0n) is 18.8. The van der Waals surface area contributed by atoms with Crippen LogP contribution in [0.15, 0.2) is 35.3 Å². The van der Waals surface area contributed by atoms with Gasteiger partial charge < -0.3 is 29.4 Å². The Morgan fingerprint density at radius 2 is 2.00 bits per heavy atom. The van der Waals surface area contributed by atoms with E-state index in [1.807, 2.05) is 56.7 Å². The number of hydrogen-bond acceptors (Lipinski definition) is 8. The van der Waals surface area contributed by atoms with E-state index < -0.39 is 29.7 Å². The highest BCUT2D eigenvalue weighted by Crippen LogP contribution is 2.40. The first-order chi connectivity index (χ1) is 15.8. The molecular formula is C23H27N3O6S. The third kappa shape index (κ3) is 5.07. The van der Waals surface area contributed by atoms with Gasteiger partial charge in [-0.05, 0) is 48.5 Å². The van der Waals surface area contributed by atoms with Crippen molar-refractivity contribution in [2.75, 3.05) is 0 Å². The SMILES string of the molecule is CC.CC1OC(SC2C[C@@H](O)[C@H](O)[C@@H](C(=O)O)O2)=Nc2ccc(-c3ccc(C#N)n3C)cc21. The van der Waals surface area contributed by atoms with Crippen molar-refractivity contribution in [2.24, 2.45) is 12.0 Å².